The highest BCUT2D eigenvalue weighted by Gasteiger charge is 2.15. The molecular weight excluding hydrogens is 202 g/mol. The highest BCUT2D eigenvalue weighted by atomic mass is 16.4. The Balaban J connectivity index is 3.73. The minimum absolute atomic E-state index is 0.145. The molecule has 96 valence electrons. The fraction of sp³-hybridized carbons (Fsp3) is 0.923. The molecule has 0 spiro atoms. The molecule has 0 aromatic heterocycles. The molecule has 2 atom stereocenters. The molecule has 0 heterocycles. The number of hydrogen-bond acceptors (Lipinski definition) is 2. The van der Waals surface area contributed by atoms with Crippen molar-refractivity contribution in [3.8, 4) is 0 Å². The number of rotatable bonds is 9. The van der Waals surface area contributed by atoms with Crippen molar-refractivity contribution in [2.75, 3.05) is 6.54 Å². The third-order valence-electron chi connectivity index (χ3n) is 3.01. The van der Waals surface area contributed by atoms with E-state index in [2.05, 4.69) is 20.8 Å². The monoisotopic (exact) mass is 229 g/mol. The van der Waals surface area contributed by atoms with Crippen LogP contribution in [0.3, 0.4) is 0 Å². The van der Waals surface area contributed by atoms with Crippen molar-refractivity contribution in [3.63, 3.8) is 0 Å². The summed E-state index contributed by atoms with van der Waals surface area (Å²) in [5.41, 5.74) is 5.58. The van der Waals surface area contributed by atoms with Crippen LogP contribution >= 0.6 is 0 Å². The first kappa shape index (κ1) is 15.4. The van der Waals surface area contributed by atoms with Gasteiger partial charge in [-0.2, -0.15) is 0 Å². The summed E-state index contributed by atoms with van der Waals surface area (Å²) in [7, 11) is 0. The summed E-state index contributed by atoms with van der Waals surface area (Å²) >= 11 is 0. The largest absolute Gasteiger partial charge is 0.481 e. The van der Waals surface area contributed by atoms with Gasteiger partial charge in [0, 0.05) is 6.42 Å². The molecule has 2 unspecified atom stereocenters. The van der Waals surface area contributed by atoms with Gasteiger partial charge in [-0.15, -0.1) is 0 Å². The van der Waals surface area contributed by atoms with Crippen LogP contribution in [0, 0.1) is 17.8 Å². The van der Waals surface area contributed by atoms with Gasteiger partial charge < -0.3 is 10.8 Å². The molecule has 16 heavy (non-hydrogen) atoms. The van der Waals surface area contributed by atoms with Gasteiger partial charge in [-0.1, -0.05) is 40.0 Å². The number of nitrogens with two attached hydrogens (primary N) is 1. The Morgan fingerprint density at radius 3 is 2.31 bits per heavy atom. The van der Waals surface area contributed by atoms with Crippen LogP contribution in [0.1, 0.15) is 52.9 Å². The van der Waals surface area contributed by atoms with E-state index in [-0.39, 0.29) is 12.3 Å². The molecule has 0 rings (SSSR count). The summed E-state index contributed by atoms with van der Waals surface area (Å²) in [5, 5.41) is 8.72. The van der Waals surface area contributed by atoms with Gasteiger partial charge in [0.25, 0.3) is 0 Å². The average Bonchev–Trinajstić information content (AvgIpc) is 2.15. The van der Waals surface area contributed by atoms with Crippen LogP contribution in [0.2, 0.25) is 0 Å². The Kier molecular flexibility index (Phi) is 8.26. The molecule has 0 saturated carbocycles. The Bertz CT molecular complexity index is 192. The quantitative estimate of drug-likeness (QED) is 0.639. The minimum atomic E-state index is -0.732. The van der Waals surface area contributed by atoms with Crippen molar-refractivity contribution in [1.29, 1.82) is 0 Å². The summed E-state index contributed by atoms with van der Waals surface area (Å²) in [6.07, 6.45) is 4.85. The van der Waals surface area contributed by atoms with E-state index in [1.54, 1.807) is 0 Å². The lowest BCUT2D eigenvalue weighted by molar-refractivity contribution is -0.138. The molecule has 3 heteroatoms. The fourth-order valence-electron chi connectivity index (χ4n) is 2.07. The molecule has 0 amide bonds. The first-order valence-corrected chi connectivity index (χ1v) is 6.37. The van der Waals surface area contributed by atoms with E-state index in [1.165, 1.54) is 19.3 Å². The molecule has 0 bridgehead atoms. The molecule has 0 aromatic carbocycles. The van der Waals surface area contributed by atoms with Crippen molar-refractivity contribution in [3.05, 3.63) is 0 Å². The zero-order valence-electron chi connectivity index (χ0n) is 10.9. The topological polar surface area (TPSA) is 63.3 Å². The van der Waals surface area contributed by atoms with Gasteiger partial charge in [0.2, 0.25) is 0 Å². The van der Waals surface area contributed by atoms with Crippen LogP contribution in [-0.4, -0.2) is 17.6 Å². The third-order valence-corrected chi connectivity index (χ3v) is 3.01. The summed E-state index contributed by atoms with van der Waals surface area (Å²) in [5.74, 6) is 0.763. The minimum Gasteiger partial charge on any atom is -0.481 e. The SMILES string of the molecule is CC(C)CCCC(C)CC(CN)CC(=O)O. The van der Waals surface area contributed by atoms with Crippen molar-refractivity contribution in [2.45, 2.75) is 52.9 Å². The van der Waals surface area contributed by atoms with Gasteiger partial charge in [0.05, 0.1) is 0 Å². The Hall–Kier alpha value is -0.570. The number of carboxylic acids is 1. The number of aliphatic carboxylic acids is 1. The first-order chi connectivity index (χ1) is 7.45. The van der Waals surface area contributed by atoms with E-state index in [0.717, 1.165) is 12.3 Å². The lowest BCUT2D eigenvalue weighted by Gasteiger charge is -2.18. The van der Waals surface area contributed by atoms with Gasteiger partial charge in [-0.3, -0.25) is 4.79 Å². The summed E-state index contributed by atoms with van der Waals surface area (Å²) in [4.78, 5) is 10.6. The van der Waals surface area contributed by atoms with E-state index >= 15 is 0 Å². The van der Waals surface area contributed by atoms with E-state index < -0.39 is 5.97 Å². The maximum atomic E-state index is 10.6. The lowest BCUT2D eigenvalue weighted by Crippen LogP contribution is -2.20. The van der Waals surface area contributed by atoms with Gasteiger partial charge >= 0.3 is 5.97 Å². The van der Waals surface area contributed by atoms with Gasteiger partial charge in [0.1, 0.15) is 0 Å². The third kappa shape index (κ3) is 8.72. The Morgan fingerprint density at radius 2 is 1.88 bits per heavy atom. The van der Waals surface area contributed by atoms with Crippen molar-refractivity contribution >= 4 is 5.97 Å². The number of carboxylic acid groups (broad SMARTS) is 1. The van der Waals surface area contributed by atoms with Gasteiger partial charge in [-0.25, -0.2) is 0 Å². The van der Waals surface area contributed by atoms with Gasteiger partial charge in [0.15, 0.2) is 0 Å². The maximum absolute atomic E-state index is 10.6. The number of carbonyl (C=O) groups is 1. The van der Waals surface area contributed by atoms with Gasteiger partial charge in [-0.05, 0) is 30.7 Å². The van der Waals surface area contributed by atoms with Crippen LogP contribution in [0.5, 0.6) is 0 Å². The van der Waals surface area contributed by atoms with E-state index in [0.29, 0.717) is 12.5 Å². The molecule has 0 fully saturated rings. The molecule has 0 radical (unpaired) electrons. The second-order valence-electron chi connectivity index (χ2n) is 5.37. The lowest BCUT2D eigenvalue weighted by atomic mass is 9.89. The summed E-state index contributed by atoms with van der Waals surface area (Å²) in [6, 6.07) is 0. The maximum Gasteiger partial charge on any atom is 0.303 e. The van der Waals surface area contributed by atoms with Crippen LogP contribution < -0.4 is 5.73 Å². The molecule has 3 nitrogen and oxygen atoms in total. The van der Waals surface area contributed by atoms with Crippen molar-refractivity contribution < 1.29 is 9.90 Å². The fourth-order valence-corrected chi connectivity index (χ4v) is 2.07. The standard InChI is InChI=1S/C13H27NO2/c1-10(2)5-4-6-11(3)7-12(9-14)8-13(15)16/h10-12H,4-9,14H2,1-3H3,(H,15,16). The van der Waals surface area contributed by atoms with E-state index in [9.17, 15) is 4.79 Å². The molecule has 0 aliphatic carbocycles. The van der Waals surface area contributed by atoms with E-state index in [1.807, 2.05) is 0 Å². The van der Waals surface area contributed by atoms with Crippen LogP contribution in [0.4, 0.5) is 0 Å². The molecular formula is C13H27NO2. The van der Waals surface area contributed by atoms with Crippen LogP contribution in [-0.2, 0) is 4.79 Å². The second-order valence-corrected chi connectivity index (χ2v) is 5.37. The molecule has 3 N–H and O–H groups in total. The predicted octanol–water partition coefficient (Wildman–Crippen LogP) is 2.89. The first-order valence-electron chi connectivity index (χ1n) is 6.37. The normalized spacial score (nSPS) is 15.1. The van der Waals surface area contributed by atoms with Crippen molar-refractivity contribution in [2.24, 2.45) is 23.5 Å². The predicted molar refractivity (Wildman–Crippen MR) is 67.3 cm³/mol. The molecule has 0 saturated heterocycles. The highest BCUT2D eigenvalue weighted by Crippen LogP contribution is 2.20. The van der Waals surface area contributed by atoms with Crippen LogP contribution in [0.25, 0.3) is 0 Å². The smallest absolute Gasteiger partial charge is 0.303 e. The van der Waals surface area contributed by atoms with E-state index in [4.69, 9.17) is 10.8 Å². The molecule has 0 aromatic rings. The Labute approximate surface area is 99.4 Å². The Morgan fingerprint density at radius 1 is 1.25 bits per heavy atom. The molecule has 0 aliphatic rings. The zero-order chi connectivity index (χ0) is 12.6. The summed E-state index contributed by atoms with van der Waals surface area (Å²) < 4.78 is 0. The second kappa shape index (κ2) is 8.57. The van der Waals surface area contributed by atoms with Crippen LogP contribution in [0.15, 0.2) is 0 Å². The zero-order valence-corrected chi connectivity index (χ0v) is 10.9. The van der Waals surface area contributed by atoms with Crippen molar-refractivity contribution in [1.82, 2.24) is 0 Å². The average molecular weight is 229 g/mol. The summed E-state index contributed by atoms with van der Waals surface area (Å²) in [6.45, 7) is 7.15. The highest BCUT2D eigenvalue weighted by molar-refractivity contribution is 5.67. The molecule has 0 aliphatic heterocycles. The number of hydrogen-bond donors (Lipinski definition) is 2.